The van der Waals surface area contributed by atoms with Gasteiger partial charge < -0.3 is 9.84 Å². The van der Waals surface area contributed by atoms with E-state index in [1.807, 2.05) is 31.2 Å². The molecule has 18 heavy (non-hydrogen) atoms. The number of methoxy groups -OCH3 is 1. The third-order valence-corrected chi connectivity index (χ3v) is 2.55. The monoisotopic (exact) mass is 246 g/mol. The minimum atomic E-state index is -0.882. The van der Waals surface area contributed by atoms with Crippen LogP contribution in [-0.4, -0.2) is 18.2 Å². The molecule has 0 spiro atoms. The zero-order chi connectivity index (χ0) is 13.5. The molecule has 0 unspecified atom stereocenters. The van der Waals surface area contributed by atoms with E-state index in [2.05, 4.69) is 6.58 Å². The van der Waals surface area contributed by atoms with Gasteiger partial charge in [0.05, 0.1) is 7.11 Å². The molecule has 1 aromatic rings. The molecule has 0 aliphatic heterocycles. The summed E-state index contributed by atoms with van der Waals surface area (Å²) in [5.41, 5.74) is 2.23. The van der Waals surface area contributed by atoms with E-state index >= 15 is 0 Å². The van der Waals surface area contributed by atoms with Crippen molar-refractivity contribution in [1.82, 2.24) is 0 Å². The van der Waals surface area contributed by atoms with E-state index in [1.165, 1.54) is 0 Å². The molecule has 0 aromatic heterocycles. The first-order valence-electron chi connectivity index (χ1n) is 5.75. The Morgan fingerprint density at radius 2 is 1.94 bits per heavy atom. The highest BCUT2D eigenvalue weighted by Crippen LogP contribution is 2.17. The lowest BCUT2D eigenvalue weighted by Gasteiger charge is -2.04. The van der Waals surface area contributed by atoms with Gasteiger partial charge in [0, 0.05) is 5.57 Å². The summed E-state index contributed by atoms with van der Waals surface area (Å²) in [5, 5.41) is 9.13. The fourth-order valence-electron chi connectivity index (χ4n) is 1.49. The third-order valence-electron chi connectivity index (χ3n) is 2.55. The minimum absolute atomic E-state index is 0.392. The van der Waals surface area contributed by atoms with E-state index in [0.29, 0.717) is 18.4 Å². The Kier molecular flexibility index (Phi) is 5.18. The molecule has 0 saturated heterocycles. The molecule has 0 bridgehead atoms. The number of carboxylic acid groups (broad SMARTS) is 1. The summed E-state index contributed by atoms with van der Waals surface area (Å²) in [7, 11) is 1.60. The molecular weight excluding hydrogens is 228 g/mol. The van der Waals surface area contributed by atoms with Crippen molar-refractivity contribution in [2.24, 2.45) is 0 Å². The molecule has 1 aromatic carbocycles. The number of aliphatic carboxylic acids is 1. The molecule has 1 rings (SSSR count). The van der Waals surface area contributed by atoms with Crippen molar-refractivity contribution in [2.75, 3.05) is 7.11 Å². The second-order valence-electron chi connectivity index (χ2n) is 4.20. The maximum atomic E-state index is 11.1. The lowest BCUT2D eigenvalue weighted by atomic mass is 10.0. The van der Waals surface area contributed by atoms with Gasteiger partial charge in [-0.3, -0.25) is 0 Å². The molecule has 3 heteroatoms. The summed E-state index contributed by atoms with van der Waals surface area (Å²) in [4.78, 5) is 11.1. The zero-order valence-corrected chi connectivity index (χ0v) is 10.8. The first-order chi connectivity index (χ1) is 8.52. The number of carbonyl (C=O) groups is 1. The highest BCUT2D eigenvalue weighted by Gasteiger charge is 2.07. The van der Waals surface area contributed by atoms with E-state index < -0.39 is 5.97 Å². The molecule has 3 nitrogen and oxygen atoms in total. The number of hydrogen-bond acceptors (Lipinski definition) is 2. The highest BCUT2D eigenvalue weighted by molar-refractivity contribution is 5.92. The van der Waals surface area contributed by atoms with E-state index in [-0.39, 0.29) is 0 Å². The molecular formula is C15H18O3. The predicted molar refractivity (Wildman–Crippen MR) is 72.7 cm³/mol. The maximum absolute atomic E-state index is 11.1. The molecule has 1 N–H and O–H groups in total. The zero-order valence-electron chi connectivity index (χ0n) is 10.8. The summed E-state index contributed by atoms with van der Waals surface area (Å²) in [6.45, 7) is 5.68. The number of allylic oxidation sites excluding steroid dienone is 1. The quantitative estimate of drug-likeness (QED) is 0.617. The van der Waals surface area contributed by atoms with Gasteiger partial charge in [-0.05, 0) is 43.5 Å². The standard InChI is InChI=1S/C15H18O3/c1-11(2)4-7-13(15(16)17)10-12-5-8-14(18-3)9-6-12/h5-6,8-10H,1,4,7H2,2-3H3,(H,16,17). The van der Waals surface area contributed by atoms with Crippen LogP contribution in [0.15, 0.2) is 42.0 Å². The van der Waals surface area contributed by atoms with Crippen LogP contribution >= 0.6 is 0 Å². The predicted octanol–water partition coefficient (Wildman–Crippen LogP) is 3.52. The molecule has 0 heterocycles. The van der Waals surface area contributed by atoms with Crippen molar-refractivity contribution in [3.05, 3.63) is 47.6 Å². The van der Waals surface area contributed by atoms with Gasteiger partial charge in [-0.15, -0.1) is 6.58 Å². The van der Waals surface area contributed by atoms with Gasteiger partial charge in [-0.25, -0.2) is 4.79 Å². The number of benzene rings is 1. The summed E-state index contributed by atoms with van der Waals surface area (Å²) < 4.78 is 5.05. The second-order valence-corrected chi connectivity index (χ2v) is 4.20. The highest BCUT2D eigenvalue weighted by atomic mass is 16.5. The molecule has 0 fully saturated rings. The number of rotatable bonds is 6. The van der Waals surface area contributed by atoms with Gasteiger partial charge in [0.1, 0.15) is 5.75 Å². The van der Waals surface area contributed by atoms with Crippen LogP contribution in [-0.2, 0) is 4.79 Å². The summed E-state index contributed by atoms with van der Waals surface area (Å²) in [5.74, 6) is -0.127. The Morgan fingerprint density at radius 1 is 1.33 bits per heavy atom. The average molecular weight is 246 g/mol. The van der Waals surface area contributed by atoms with Gasteiger partial charge in [0.25, 0.3) is 0 Å². The summed E-state index contributed by atoms with van der Waals surface area (Å²) in [6, 6.07) is 7.29. The van der Waals surface area contributed by atoms with Crippen molar-refractivity contribution < 1.29 is 14.6 Å². The first-order valence-corrected chi connectivity index (χ1v) is 5.75. The van der Waals surface area contributed by atoms with Crippen LogP contribution in [0.3, 0.4) is 0 Å². The van der Waals surface area contributed by atoms with E-state index in [1.54, 1.807) is 13.2 Å². The van der Waals surface area contributed by atoms with Crippen molar-refractivity contribution in [1.29, 1.82) is 0 Å². The van der Waals surface area contributed by atoms with Gasteiger partial charge in [0.15, 0.2) is 0 Å². The lowest BCUT2D eigenvalue weighted by molar-refractivity contribution is -0.132. The molecule has 0 saturated carbocycles. The number of hydrogen-bond donors (Lipinski definition) is 1. The second kappa shape index (κ2) is 6.64. The van der Waals surface area contributed by atoms with Crippen LogP contribution in [0.5, 0.6) is 5.75 Å². The van der Waals surface area contributed by atoms with Crippen LogP contribution in [0.4, 0.5) is 0 Å². The topological polar surface area (TPSA) is 46.5 Å². The molecule has 0 atom stereocenters. The largest absolute Gasteiger partial charge is 0.497 e. The molecule has 0 aliphatic rings. The Morgan fingerprint density at radius 3 is 2.39 bits per heavy atom. The Bertz CT molecular complexity index is 455. The first kappa shape index (κ1) is 14.0. The van der Waals surface area contributed by atoms with Crippen LogP contribution in [0.1, 0.15) is 25.3 Å². The fourth-order valence-corrected chi connectivity index (χ4v) is 1.49. The maximum Gasteiger partial charge on any atom is 0.331 e. The minimum Gasteiger partial charge on any atom is -0.497 e. The SMILES string of the molecule is C=C(C)CCC(=Cc1ccc(OC)cc1)C(=O)O. The van der Waals surface area contributed by atoms with Gasteiger partial charge in [0.2, 0.25) is 0 Å². The van der Waals surface area contributed by atoms with Crippen molar-refractivity contribution in [2.45, 2.75) is 19.8 Å². The van der Waals surface area contributed by atoms with E-state index in [4.69, 9.17) is 9.84 Å². The van der Waals surface area contributed by atoms with Crippen LogP contribution in [0, 0.1) is 0 Å². The van der Waals surface area contributed by atoms with Crippen molar-refractivity contribution >= 4 is 12.0 Å². The Balaban J connectivity index is 2.86. The van der Waals surface area contributed by atoms with Crippen molar-refractivity contribution in [3.63, 3.8) is 0 Å². The van der Waals surface area contributed by atoms with Crippen LogP contribution in [0.2, 0.25) is 0 Å². The van der Waals surface area contributed by atoms with Gasteiger partial charge >= 0.3 is 5.97 Å². The lowest BCUT2D eigenvalue weighted by Crippen LogP contribution is -2.00. The summed E-state index contributed by atoms with van der Waals surface area (Å²) >= 11 is 0. The van der Waals surface area contributed by atoms with Gasteiger partial charge in [-0.2, -0.15) is 0 Å². The molecule has 0 radical (unpaired) electrons. The fraction of sp³-hybridized carbons (Fsp3) is 0.267. The molecule has 0 amide bonds. The Hall–Kier alpha value is -2.03. The number of carboxylic acids is 1. The normalized spacial score (nSPS) is 11.1. The van der Waals surface area contributed by atoms with Crippen LogP contribution in [0.25, 0.3) is 6.08 Å². The summed E-state index contributed by atoms with van der Waals surface area (Å²) in [6.07, 6.45) is 2.87. The average Bonchev–Trinajstić information content (AvgIpc) is 2.34. The van der Waals surface area contributed by atoms with E-state index in [0.717, 1.165) is 16.9 Å². The molecule has 96 valence electrons. The van der Waals surface area contributed by atoms with Gasteiger partial charge in [-0.1, -0.05) is 17.7 Å². The van der Waals surface area contributed by atoms with E-state index in [9.17, 15) is 4.79 Å². The smallest absolute Gasteiger partial charge is 0.331 e. The van der Waals surface area contributed by atoms with Crippen molar-refractivity contribution in [3.8, 4) is 5.75 Å². The molecule has 0 aliphatic carbocycles. The van der Waals surface area contributed by atoms with Crippen LogP contribution < -0.4 is 4.74 Å². The Labute approximate surface area is 107 Å². The number of ether oxygens (including phenoxy) is 1. The third kappa shape index (κ3) is 4.45.